The van der Waals surface area contributed by atoms with Crippen LogP contribution in [0.5, 0.6) is 0 Å². The van der Waals surface area contributed by atoms with Crippen LogP contribution in [0.15, 0.2) is 140 Å². The molecule has 5 aromatic carbocycles. The Morgan fingerprint density at radius 1 is 0.622 bits per heavy atom. The molecule has 1 aliphatic heterocycles. The second-order valence-electron chi connectivity index (χ2n) is 9.34. The Hall–Kier alpha value is -3.59. The van der Waals surface area contributed by atoms with Gasteiger partial charge in [0.15, 0.2) is 0 Å². The SMILES string of the molecule is COC(O)c1ccc(C2OP(c3ccccc3)(c3ccccc3)(c3ccccc3)c3ccccc32)cc1. The van der Waals surface area contributed by atoms with E-state index in [1.807, 2.05) is 24.3 Å². The Morgan fingerprint density at radius 2 is 1.08 bits per heavy atom. The van der Waals surface area contributed by atoms with Crippen molar-refractivity contribution >= 4 is 28.0 Å². The van der Waals surface area contributed by atoms with Gasteiger partial charge < -0.3 is 0 Å². The van der Waals surface area contributed by atoms with Gasteiger partial charge in [0.05, 0.1) is 0 Å². The van der Waals surface area contributed by atoms with E-state index in [-0.39, 0.29) is 6.10 Å². The molecule has 0 saturated carbocycles. The zero-order valence-electron chi connectivity index (χ0n) is 20.6. The Morgan fingerprint density at radius 3 is 1.57 bits per heavy atom. The molecule has 1 aliphatic rings. The Balaban J connectivity index is 1.71. The van der Waals surface area contributed by atoms with Crippen LogP contribution in [0.3, 0.4) is 0 Å². The second kappa shape index (κ2) is 9.37. The number of ether oxygens (including phenoxy) is 1. The standard InChI is InChI=1S/C33H29O3P/c1-35-33(34)26-23-21-25(22-24-26)32-30-19-11-12-20-31(30)37(36-32,27-13-5-2-6-14-27,28-15-7-3-8-16-28)29-17-9-4-10-18-29/h2-24,32-34H,1H3. The molecule has 3 nitrogen and oxygen atoms in total. The number of benzene rings is 5. The summed E-state index contributed by atoms with van der Waals surface area (Å²) in [5, 5.41) is 14.9. The van der Waals surface area contributed by atoms with Gasteiger partial charge in [-0.1, -0.05) is 0 Å². The molecule has 184 valence electrons. The number of hydrogen-bond donors (Lipinski definition) is 1. The molecular weight excluding hydrogens is 475 g/mol. The first-order chi connectivity index (χ1) is 18.2. The van der Waals surface area contributed by atoms with E-state index in [1.54, 1.807) is 0 Å². The summed E-state index contributed by atoms with van der Waals surface area (Å²) < 4.78 is 12.8. The molecule has 0 spiro atoms. The summed E-state index contributed by atoms with van der Waals surface area (Å²) in [5.41, 5.74) is 2.91. The van der Waals surface area contributed by atoms with Gasteiger partial charge in [-0.05, 0) is 0 Å². The molecule has 2 unspecified atom stereocenters. The average Bonchev–Trinajstić information content (AvgIpc) is 3.32. The molecule has 0 aliphatic carbocycles. The van der Waals surface area contributed by atoms with Crippen molar-refractivity contribution in [3.05, 3.63) is 156 Å². The van der Waals surface area contributed by atoms with Gasteiger partial charge in [0.25, 0.3) is 0 Å². The topological polar surface area (TPSA) is 38.7 Å². The fourth-order valence-corrected chi connectivity index (χ4v) is 12.0. The summed E-state index contributed by atoms with van der Waals surface area (Å²) in [6.07, 6.45) is -1.24. The van der Waals surface area contributed by atoms with Crippen molar-refractivity contribution < 1.29 is 14.4 Å². The van der Waals surface area contributed by atoms with Crippen LogP contribution in [0, 0.1) is 0 Å². The van der Waals surface area contributed by atoms with Gasteiger partial charge in [0, 0.05) is 0 Å². The third-order valence-corrected chi connectivity index (χ3v) is 13.3. The number of fused-ring (bicyclic) bond motifs is 1. The normalized spacial score (nSPS) is 19.3. The van der Waals surface area contributed by atoms with Gasteiger partial charge in [0.2, 0.25) is 0 Å². The quantitative estimate of drug-likeness (QED) is 0.245. The number of aliphatic hydroxyl groups is 1. The molecule has 6 rings (SSSR count). The van der Waals surface area contributed by atoms with E-state index in [0.717, 1.165) is 11.1 Å². The second-order valence-corrected chi connectivity index (χ2v) is 13.7. The molecule has 0 bridgehead atoms. The van der Waals surface area contributed by atoms with Gasteiger partial charge in [-0.15, -0.1) is 0 Å². The van der Waals surface area contributed by atoms with Crippen molar-refractivity contribution in [2.24, 2.45) is 0 Å². The van der Waals surface area contributed by atoms with Gasteiger partial charge in [-0.2, -0.15) is 0 Å². The Kier molecular flexibility index (Phi) is 6.03. The van der Waals surface area contributed by atoms with Gasteiger partial charge in [0.1, 0.15) is 0 Å². The van der Waals surface area contributed by atoms with E-state index >= 15 is 0 Å². The van der Waals surface area contributed by atoms with Crippen molar-refractivity contribution in [3.8, 4) is 0 Å². The van der Waals surface area contributed by atoms with E-state index in [4.69, 9.17) is 9.26 Å². The van der Waals surface area contributed by atoms with Crippen LogP contribution in [-0.2, 0) is 9.26 Å². The predicted octanol–water partition coefficient (Wildman–Crippen LogP) is 5.51. The maximum absolute atomic E-state index is 10.2. The minimum atomic E-state index is -3.62. The van der Waals surface area contributed by atoms with Crippen molar-refractivity contribution in [3.63, 3.8) is 0 Å². The summed E-state index contributed by atoms with van der Waals surface area (Å²) in [6, 6.07) is 48.7. The third-order valence-electron chi connectivity index (χ3n) is 7.49. The van der Waals surface area contributed by atoms with Crippen LogP contribution in [0.1, 0.15) is 29.1 Å². The third kappa shape index (κ3) is 3.43. The summed E-state index contributed by atoms with van der Waals surface area (Å²) >= 11 is 0. The van der Waals surface area contributed by atoms with Crippen LogP contribution >= 0.6 is 6.83 Å². The molecule has 1 N–H and O–H groups in total. The molecule has 0 radical (unpaired) electrons. The molecule has 1 heterocycles. The van der Waals surface area contributed by atoms with E-state index in [9.17, 15) is 5.11 Å². The Bertz CT molecular complexity index is 1400. The van der Waals surface area contributed by atoms with E-state index in [1.165, 1.54) is 28.3 Å². The molecule has 4 heteroatoms. The number of hydrogen-bond acceptors (Lipinski definition) is 3. The first-order valence-electron chi connectivity index (χ1n) is 12.5. The fraction of sp³-hybridized carbons (Fsp3) is 0.0909. The monoisotopic (exact) mass is 504 g/mol. The predicted molar refractivity (Wildman–Crippen MR) is 153 cm³/mol. The summed E-state index contributed by atoms with van der Waals surface area (Å²) in [4.78, 5) is 0. The minimum absolute atomic E-state index is 0.289. The van der Waals surface area contributed by atoms with Crippen LogP contribution in [0.4, 0.5) is 0 Å². The van der Waals surface area contributed by atoms with Crippen LogP contribution in [-0.4, -0.2) is 12.2 Å². The molecule has 0 saturated heterocycles. The first-order valence-corrected chi connectivity index (χ1v) is 14.6. The average molecular weight is 505 g/mol. The number of aliphatic hydroxyl groups excluding tert-OH is 1. The van der Waals surface area contributed by atoms with E-state index in [0.29, 0.717) is 5.56 Å². The van der Waals surface area contributed by atoms with Crippen molar-refractivity contribution in [1.29, 1.82) is 0 Å². The molecular formula is C33H29O3P. The first kappa shape index (κ1) is 23.8. The molecule has 2 atom stereocenters. The van der Waals surface area contributed by atoms with E-state index < -0.39 is 13.1 Å². The van der Waals surface area contributed by atoms with Crippen molar-refractivity contribution in [2.45, 2.75) is 12.4 Å². The fourth-order valence-electron chi connectivity index (χ4n) is 5.82. The van der Waals surface area contributed by atoms with Crippen LogP contribution < -0.4 is 21.2 Å². The zero-order chi connectivity index (χ0) is 25.3. The molecule has 0 fully saturated rings. The zero-order valence-corrected chi connectivity index (χ0v) is 21.5. The van der Waals surface area contributed by atoms with E-state index in [2.05, 4.69) is 115 Å². The molecule has 0 amide bonds. The summed E-state index contributed by atoms with van der Waals surface area (Å²) in [5.74, 6) is 0. The maximum atomic E-state index is 10.2. The Labute approximate surface area is 218 Å². The summed E-state index contributed by atoms with van der Waals surface area (Å²) in [6.45, 7) is -3.62. The number of methoxy groups -OCH3 is 1. The molecule has 0 aromatic heterocycles. The van der Waals surface area contributed by atoms with Gasteiger partial charge in [-0.25, -0.2) is 0 Å². The van der Waals surface area contributed by atoms with Crippen LogP contribution in [0.2, 0.25) is 0 Å². The molecule has 5 aromatic rings. The van der Waals surface area contributed by atoms with Crippen molar-refractivity contribution in [1.82, 2.24) is 0 Å². The summed E-state index contributed by atoms with van der Waals surface area (Å²) in [7, 11) is 1.50. The van der Waals surface area contributed by atoms with Gasteiger partial charge in [-0.3, -0.25) is 0 Å². The molecule has 37 heavy (non-hydrogen) atoms. The van der Waals surface area contributed by atoms with Crippen LogP contribution in [0.25, 0.3) is 0 Å². The van der Waals surface area contributed by atoms with Gasteiger partial charge >= 0.3 is 218 Å². The van der Waals surface area contributed by atoms with Crippen molar-refractivity contribution in [2.75, 3.05) is 7.11 Å². The number of rotatable bonds is 6.